The predicted molar refractivity (Wildman–Crippen MR) is 125 cm³/mol. The number of fused-ring (bicyclic) bond motifs is 2. The minimum Gasteiger partial charge on any atom is -0.487 e. The van der Waals surface area contributed by atoms with Gasteiger partial charge in [0, 0.05) is 40.1 Å². The fourth-order valence-corrected chi connectivity index (χ4v) is 5.79. The number of benzene rings is 2. The second-order valence-electron chi connectivity index (χ2n) is 8.95. The first-order valence-electron chi connectivity index (χ1n) is 11.6. The molecule has 3 aliphatic rings. The predicted octanol–water partition coefficient (Wildman–Crippen LogP) is 5.26. The summed E-state index contributed by atoms with van der Waals surface area (Å²) in [5.74, 6) is 2.00. The first-order chi connectivity index (χ1) is 15.8. The maximum atomic E-state index is 13.0. The van der Waals surface area contributed by atoms with Gasteiger partial charge in [-0.05, 0) is 42.0 Å². The van der Waals surface area contributed by atoms with E-state index in [1.807, 2.05) is 4.90 Å². The van der Waals surface area contributed by atoms with Gasteiger partial charge >= 0.3 is 0 Å². The van der Waals surface area contributed by atoms with Gasteiger partial charge in [0.25, 0.3) is 0 Å². The monoisotopic (exact) mass is 449 g/mol. The first kappa shape index (κ1) is 20.1. The van der Waals surface area contributed by atoms with E-state index in [2.05, 4.69) is 41.8 Å². The molecule has 3 aromatic rings. The standard InChI is InChI=1S/C26H27NO4S/c28-26(17-4-3-5-17)27-9-11-30-25-19(14-27)12-18(13-23(25)31-20-8-10-29-15-20)22-16-32-24-7-2-1-6-21(22)24/h1-2,6-7,12-13,16-17,20H,3-5,8-11,14-15H2. The summed E-state index contributed by atoms with van der Waals surface area (Å²) in [6.07, 6.45) is 4.11. The third kappa shape index (κ3) is 3.65. The largest absolute Gasteiger partial charge is 0.487 e. The van der Waals surface area contributed by atoms with Crippen molar-refractivity contribution in [2.24, 2.45) is 5.92 Å². The van der Waals surface area contributed by atoms with E-state index in [9.17, 15) is 4.79 Å². The van der Waals surface area contributed by atoms with Crippen LogP contribution in [0.15, 0.2) is 41.8 Å². The Morgan fingerprint density at radius 1 is 1.12 bits per heavy atom. The van der Waals surface area contributed by atoms with E-state index in [-0.39, 0.29) is 17.9 Å². The maximum Gasteiger partial charge on any atom is 0.226 e. The summed E-state index contributed by atoms with van der Waals surface area (Å²) >= 11 is 1.75. The minimum atomic E-state index is 0.0353. The van der Waals surface area contributed by atoms with Crippen molar-refractivity contribution >= 4 is 27.3 Å². The first-order valence-corrected chi connectivity index (χ1v) is 12.4. The fourth-order valence-electron chi connectivity index (χ4n) is 4.82. The highest BCUT2D eigenvalue weighted by atomic mass is 32.1. The molecule has 3 heterocycles. The van der Waals surface area contributed by atoms with Crippen LogP contribution >= 0.6 is 11.3 Å². The van der Waals surface area contributed by atoms with E-state index in [1.165, 1.54) is 15.6 Å². The number of ether oxygens (including phenoxy) is 3. The van der Waals surface area contributed by atoms with Crippen LogP contribution in [0.1, 0.15) is 31.2 Å². The van der Waals surface area contributed by atoms with Gasteiger partial charge in [-0.1, -0.05) is 24.6 Å². The van der Waals surface area contributed by atoms with E-state index in [0.717, 1.165) is 54.9 Å². The van der Waals surface area contributed by atoms with Gasteiger partial charge in [0.2, 0.25) is 5.91 Å². The molecule has 0 spiro atoms. The van der Waals surface area contributed by atoms with Gasteiger partial charge in [-0.2, -0.15) is 0 Å². The molecule has 5 nitrogen and oxygen atoms in total. The van der Waals surface area contributed by atoms with Gasteiger partial charge in [-0.25, -0.2) is 0 Å². The van der Waals surface area contributed by atoms with E-state index in [0.29, 0.717) is 26.3 Å². The Hall–Kier alpha value is -2.57. The van der Waals surface area contributed by atoms with Gasteiger partial charge in [-0.3, -0.25) is 4.79 Å². The lowest BCUT2D eigenvalue weighted by Gasteiger charge is -2.30. The molecule has 1 amide bonds. The number of thiophene rings is 1. The fraction of sp³-hybridized carbons (Fsp3) is 0.423. The maximum absolute atomic E-state index is 13.0. The van der Waals surface area contributed by atoms with Crippen LogP contribution in [0.25, 0.3) is 21.2 Å². The van der Waals surface area contributed by atoms with E-state index >= 15 is 0 Å². The zero-order valence-electron chi connectivity index (χ0n) is 18.0. The van der Waals surface area contributed by atoms with Crippen molar-refractivity contribution in [3.63, 3.8) is 0 Å². The highest BCUT2D eigenvalue weighted by Crippen LogP contribution is 2.43. The molecule has 6 heteroatoms. The molecule has 0 N–H and O–H groups in total. The molecule has 2 aliphatic heterocycles. The molecular weight excluding hydrogens is 422 g/mol. The van der Waals surface area contributed by atoms with Crippen LogP contribution in [0.4, 0.5) is 0 Å². The SMILES string of the molecule is O=C(C1CCC1)N1CCOc2c(cc(-c3csc4ccccc34)cc2OC2CCOC2)C1. The van der Waals surface area contributed by atoms with Crippen molar-refractivity contribution in [3.8, 4) is 22.6 Å². The molecule has 166 valence electrons. The second-order valence-corrected chi connectivity index (χ2v) is 9.86. The number of carbonyl (C=O) groups excluding carboxylic acids is 1. The van der Waals surface area contributed by atoms with E-state index in [4.69, 9.17) is 14.2 Å². The molecule has 1 aromatic heterocycles. The Morgan fingerprint density at radius 3 is 2.84 bits per heavy atom. The van der Waals surface area contributed by atoms with Crippen LogP contribution in [0.3, 0.4) is 0 Å². The quantitative estimate of drug-likeness (QED) is 0.545. The molecule has 1 saturated heterocycles. The summed E-state index contributed by atoms with van der Waals surface area (Å²) in [6, 6.07) is 12.8. The second kappa shape index (κ2) is 8.41. The van der Waals surface area contributed by atoms with Crippen molar-refractivity contribution in [2.45, 2.75) is 38.3 Å². The molecule has 32 heavy (non-hydrogen) atoms. The smallest absolute Gasteiger partial charge is 0.226 e. The zero-order valence-corrected chi connectivity index (χ0v) is 18.9. The molecule has 1 saturated carbocycles. The highest BCUT2D eigenvalue weighted by molar-refractivity contribution is 7.17. The van der Waals surface area contributed by atoms with Gasteiger partial charge in [-0.15, -0.1) is 11.3 Å². The van der Waals surface area contributed by atoms with Gasteiger partial charge in [0.05, 0.1) is 19.8 Å². The van der Waals surface area contributed by atoms with Crippen molar-refractivity contribution in [1.29, 1.82) is 0 Å². The average Bonchev–Trinajstić information content (AvgIpc) is 3.37. The summed E-state index contributed by atoms with van der Waals surface area (Å²) in [6.45, 7) is 3.01. The van der Waals surface area contributed by atoms with Crippen LogP contribution in [-0.4, -0.2) is 43.3 Å². The van der Waals surface area contributed by atoms with E-state index in [1.54, 1.807) is 11.3 Å². The third-order valence-electron chi connectivity index (χ3n) is 6.84. The molecular formula is C26H27NO4S. The van der Waals surface area contributed by atoms with Crippen LogP contribution < -0.4 is 9.47 Å². The number of amides is 1. The molecule has 1 unspecified atom stereocenters. The van der Waals surface area contributed by atoms with Gasteiger partial charge < -0.3 is 19.1 Å². The number of carbonyl (C=O) groups is 1. The van der Waals surface area contributed by atoms with Crippen LogP contribution in [0.2, 0.25) is 0 Å². The van der Waals surface area contributed by atoms with Crippen molar-refractivity contribution in [1.82, 2.24) is 4.90 Å². The van der Waals surface area contributed by atoms with E-state index < -0.39 is 0 Å². The molecule has 2 fully saturated rings. The summed E-state index contributed by atoms with van der Waals surface area (Å²) in [4.78, 5) is 15.0. The lowest BCUT2D eigenvalue weighted by atomic mass is 9.84. The highest BCUT2D eigenvalue weighted by Gasteiger charge is 2.32. The molecule has 1 aliphatic carbocycles. The lowest BCUT2D eigenvalue weighted by molar-refractivity contribution is -0.138. The third-order valence-corrected chi connectivity index (χ3v) is 7.80. The van der Waals surface area contributed by atoms with Crippen molar-refractivity contribution in [2.75, 3.05) is 26.4 Å². The van der Waals surface area contributed by atoms with Gasteiger partial charge in [0.1, 0.15) is 12.7 Å². The molecule has 1 atom stereocenters. The Morgan fingerprint density at radius 2 is 2.03 bits per heavy atom. The molecule has 0 bridgehead atoms. The Bertz CT molecular complexity index is 1150. The van der Waals surface area contributed by atoms with Gasteiger partial charge in [0.15, 0.2) is 11.5 Å². The topological polar surface area (TPSA) is 48.0 Å². The number of hydrogen-bond donors (Lipinski definition) is 0. The Balaban J connectivity index is 1.41. The van der Waals surface area contributed by atoms with Crippen LogP contribution in [0.5, 0.6) is 11.5 Å². The van der Waals surface area contributed by atoms with Crippen molar-refractivity contribution in [3.05, 3.63) is 47.3 Å². The summed E-state index contributed by atoms with van der Waals surface area (Å²) in [7, 11) is 0. The average molecular weight is 450 g/mol. The summed E-state index contributed by atoms with van der Waals surface area (Å²) in [5.41, 5.74) is 3.33. The van der Waals surface area contributed by atoms with Crippen molar-refractivity contribution < 1.29 is 19.0 Å². The zero-order chi connectivity index (χ0) is 21.5. The van der Waals surface area contributed by atoms with Crippen LogP contribution in [-0.2, 0) is 16.1 Å². The minimum absolute atomic E-state index is 0.0353. The number of rotatable bonds is 4. The summed E-state index contributed by atoms with van der Waals surface area (Å²) in [5, 5.41) is 3.45. The normalized spacial score (nSPS) is 21.0. The molecule has 0 radical (unpaired) electrons. The Labute approximate surface area is 191 Å². The molecule has 6 rings (SSSR count). The van der Waals surface area contributed by atoms with Crippen LogP contribution in [0, 0.1) is 5.92 Å². The summed E-state index contributed by atoms with van der Waals surface area (Å²) < 4.78 is 19.4. The lowest BCUT2D eigenvalue weighted by Crippen LogP contribution is -2.39. The molecule has 2 aromatic carbocycles. The number of nitrogens with zero attached hydrogens (tertiary/aromatic N) is 1. The number of hydrogen-bond acceptors (Lipinski definition) is 5. The Kier molecular flexibility index (Phi) is 5.27.